The minimum absolute atomic E-state index is 0.191. The SMILES string of the molecule is [N]CCCC(F)(F)F. The van der Waals surface area contributed by atoms with E-state index in [4.69, 9.17) is 5.73 Å². The van der Waals surface area contributed by atoms with Crippen LogP contribution in [0.5, 0.6) is 0 Å². The minimum Gasteiger partial charge on any atom is -0.171 e. The van der Waals surface area contributed by atoms with E-state index in [0.29, 0.717) is 0 Å². The fourth-order valence-electron chi connectivity index (χ4n) is 0.280. The molecule has 0 fully saturated rings. The van der Waals surface area contributed by atoms with Gasteiger partial charge in [0.15, 0.2) is 0 Å². The van der Waals surface area contributed by atoms with Crippen molar-refractivity contribution in [2.45, 2.75) is 19.0 Å². The minimum atomic E-state index is -4.11. The molecule has 0 aliphatic rings. The molecular weight excluding hydrogens is 119 g/mol. The van der Waals surface area contributed by atoms with E-state index >= 15 is 0 Å². The van der Waals surface area contributed by atoms with Gasteiger partial charge in [-0.3, -0.25) is 0 Å². The van der Waals surface area contributed by atoms with Crippen LogP contribution in [-0.4, -0.2) is 12.7 Å². The molecule has 1 nitrogen and oxygen atoms in total. The third kappa shape index (κ3) is 5.75. The summed E-state index contributed by atoms with van der Waals surface area (Å²) in [7, 11) is 0. The zero-order chi connectivity index (χ0) is 6.62. The first-order valence-corrected chi connectivity index (χ1v) is 2.24. The first kappa shape index (κ1) is 7.75. The topological polar surface area (TPSA) is 22.3 Å². The van der Waals surface area contributed by atoms with Crippen molar-refractivity contribution in [3.8, 4) is 0 Å². The number of rotatable bonds is 2. The molecule has 0 saturated heterocycles. The van der Waals surface area contributed by atoms with Crippen molar-refractivity contribution in [2.75, 3.05) is 6.54 Å². The largest absolute Gasteiger partial charge is 0.389 e. The third-order valence-electron chi connectivity index (χ3n) is 0.618. The van der Waals surface area contributed by atoms with Crippen LogP contribution in [0.2, 0.25) is 0 Å². The normalized spacial score (nSPS) is 12.0. The van der Waals surface area contributed by atoms with Gasteiger partial charge in [-0.25, -0.2) is 0 Å². The third-order valence-corrected chi connectivity index (χ3v) is 0.618. The van der Waals surface area contributed by atoms with Gasteiger partial charge in [-0.05, 0) is 6.42 Å². The molecule has 4 heteroatoms. The van der Waals surface area contributed by atoms with Crippen LogP contribution in [0.1, 0.15) is 12.8 Å². The van der Waals surface area contributed by atoms with Crippen LogP contribution in [0.3, 0.4) is 0 Å². The van der Waals surface area contributed by atoms with Crippen molar-refractivity contribution in [3.63, 3.8) is 0 Å². The maximum atomic E-state index is 11.1. The molecule has 0 unspecified atom stereocenters. The standard InChI is InChI=1S/C4H6F3N/c5-4(6,7)2-1-3-8/h1-3H2. The Balaban J connectivity index is 3.11. The molecule has 0 heterocycles. The molecule has 0 rings (SSSR count). The second-order valence-electron chi connectivity index (χ2n) is 1.44. The summed E-state index contributed by atoms with van der Waals surface area (Å²) in [6, 6.07) is 0. The summed E-state index contributed by atoms with van der Waals surface area (Å²) in [5.41, 5.74) is 7.93. The predicted molar refractivity (Wildman–Crippen MR) is 22.3 cm³/mol. The lowest BCUT2D eigenvalue weighted by Gasteiger charge is -2.01. The highest BCUT2D eigenvalue weighted by Crippen LogP contribution is 2.20. The van der Waals surface area contributed by atoms with Crippen LogP contribution in [0, 0.1) is 0 Å². The van der Waals surface area contributed by atoms with Gasteiger partial charge < -0.3 is 0 Å². The van der Waals surface area contributed by atoms with E-state index in [0.717, 1.165) is 0 Å². The monoisotopic (exact) mass is 125 g/mol. The van der Waals surface area contributed by atoms with Crippen molar-refractivity contribution in [2.24, 2.45) is 0 Å². The summed E-state index contributed by atoms with van der Waals surface area (Å²) >= 11 is 0. The van der Waals surface area contributed by atoms with Gasteiger partial charge in [-0.2, -0.15) is 13.2 Å². The summed E-state index contributed by atoms with van der Waals surface area (Å²) in [5, 5.41) is 0. The number of alkyl halides is 3. The molecule has 0 bridgehead atoms. The second-order valence-corrected chi connectivity index (χ2v) is 1.44. The predicted octanol–water partition coefficient (Wildman–Crippen LogP) is 1.40. The van der Waals surface area contributed by atoms with E-state index in [9.17, 15) is 13.2 Å². The molecule has 0 N–H and O–H groups in total. The molecule has 0 aromatic heterocycles. The highest BCUT2D eigenvalue weighted by atomic mass is 19.4. The molecule has 0 spiro atoms. The van der Waals surface area contributed by atoms with E-state index in [1.165, 1.54) is 0 Å². The fourth-order valence-corrected chi connectivity index (χ4v) is 0.280. The van der Waals surface area contributed by atoms with Crippen molar-refractivity contribution >= 4 is 0 Å². The maximum Gasteiger partial charge on any atom is 0.389 e. The first-order valence-electron chi connectivity index (χ1n) is 2.24. The van der Waals surface area contributed by atoms with Gasteiger partial charge >= 0.3 is 6.18 Å². The summed E-state index contributed by atoms with van der Waals surface area (Å²) in [6.45, 7) is -0.389. The van der Waals surface area contributed by atoms with Gasteiger partial charge in [-0.1, -0.05) is 0 Å². The molecule has 0 aromatic rings. The molecule has 0 atom stereocenters. The van der Waals surface area contributed by atoms with Crippen LogP contribution < -0.4 is 5.73 Å². The Hall–Kier alpha value is -0.250. The Labute approximate surface area is 45.7 Å². The van der Waals surface area contributed by atoms with Gasteiger partial charge in [0.2, 0.25) is 0 Å². The highest BCUT2D eigenvalue weighted by molar-refractivity contribution is 4.49. The Morgan fingerprint density at radius 1 is 1.25 bits per heavy atom. The summed E-state index contributed by atoms with van der Waals surface area (Å²) in [4.78, 5) is 0. The Morgan fingerprint density at radius 3 is 1.88 bits per heavy atom. The van der Waals surface area contributed by atoms with E-state index < -0.39 is 12.6 Å². The number of hydrogen-bond acceptors (Lipinski definition) is 0. The number of halogens is 3. The smallest absolute Gasteiger partial charge is 0.171 e. The average molecular weight is 125 g/mol. The first-order chi connectivity index (χ1) is 3.56. The molecule has 48 valence electrons. The molecular formula is C4H6F3N. The van der Waals surface area contributed by atoms with E-state index in [2.05, 4.69) is 0 Å². The molecule has 2 radical (unpaired) electrons. The quantitative estimate of drug-likeness (QED) is 0.532. The van der Waals surface area contributed by atoms with Gasteiger partial charge in [0, 0.05) is 13.0 Å². The number of nitrogens with zero attached hydrogens (tertiary/aromatic N) is 1. The molecule has 0 aromatic carbocycles. The van der Waals surface area contributed by atoms with Crippen LogP contribution >= 0.6 is 0 Å². The highest BCUT2D eigenvalue weighted by Gasteiger charge is 2.25. The molecule has 0 saturated carbocycles. The Morgan fingerprint density at radius 2 is 1.75 bits per heavy atom. The lowest BCUT2D eigenvalue weighted by Crippen LogP contribution is -2.07. The maximum absolute atomic E-state index is 11.1. The molecule has 0 aliphatic carbocycles. The molecule has 8 heavy (non-hydrogen) atoms. The second kappa shape index (κ2) is 2.91. The van der Waals surface area contributed by atoms with Crippen molar-refractivity contribution < 1.29 is 13.2 Å². The lowest BCUT2D eigenvalue weighted by molar-refractivity contribution is -0.135. The van der Waals surface area contributed by atoms with Crippen LogP contribution in [0.15, 0.2) is 0 Å². The van der Waals surface area contributed by atoms with Crippen LogP contribution in [0.4, 0.5) is 13.2 Å². The van der Waals surface area contributed by atoms with Crippen molar-refractivity contribution in [1.82, 2.24) is 5.73 Å². The summed E-state index contributed by atoms with van der Waals surface area (Å²) in [6.07, 6.45) is -5.18. The van der Waals surface area contributed by atoms with Crippen LogP contribution in [0.25, 0.3) is 0 Å². The van der Waals surface area contributed by atoms with Gasteiger partial charge in [-0.15, -0.1) is 5.73 Å². The zero-order valence-electron chi connectivity index (χ0n) is 4.20. The lowest BCUT2D eigenvalue weighted by atomic mass is 10.3. The van der Waals surface area contributed by atoms with E-state index in [-0.39, 0.29) is 13.0 Å². The summed E-state index contributed by atoms with van der Waals surface area (Å²) < 4.78 is 33.4. The van der Waals surface area contributed by atoms with Crippen molar-refractivity contribution in [3.05, 3.63) is 0 Å². The van der Waals surface area contributed by atoms with Crippen molar-refractivity contribution in [1.29, 1.82) is 0 Å². The average Bonchev–Trinajstić information content (AvgIpc) is 1.59. The molecule has 0 amide bonds. The van der Waals surface area contributed by atoms with Gasteiger partial charge in [0.05, 0.1) is 0 Å². The zero-order valence-corrected chi connectivity index (χ0v) is 4.20. The van der Waals surface area contributed by atoms with Gasteiger partial charge in [0.25, 0.3) is 0 Å². The van der Waals surface area contributed by atoms with Gasteiger partial charge in [0.1, 0.15) is 0 Å². The fraction of sp³-hybridized carbons (Fsp3) is 1.00. The van der Waals surface area contributed by atoms with E-state index in [1.54, 1.807) is 0 Å². The number of hydrogen-bond donors (Lipinski definition) is 0. The Kier molecular flexibility index (Phi) is 2.82. The molecule has 0 aliphatic heterocycles. The Bertz CT molecular complexity index is 58.8. The van der Waals surface area contributed by atoms with Crippen LogP contribution in [-0.2, 0) is 0 Å². The van der Waals surface area contributed by atoms with E-state index in [1.807, 2.05) is 0 Å². The summed E-state index contributed by atoms with van der Waals surface area (Å²) in [5.74, 6) is 0.